The van der Waals surface area contributed by atoms with Gasteiger partial charge in [-0.3, -0.25) is 0 Å². The van der Waals surface area contributed by atoms with Gasteiger partial charge in [0.1, 0.15) is 18.1 Å². The highest BCUT2D eigenvalue weighted by molar-refractivity contribution is 5.58. The molecular formula is C16H17NO2. The van der Waals surface area contributed by atoms with Crippen LogP contribution in [0.15, 0.2) is 42.5 Å². The summed E-state index contributed by atoms with van der Waals surface area (Å²) >= 11 is 0. The molecule has 3 heteroatoms. The molecule has 0 spiro atoms. The lowest BCUT2D eigenvalue weighted by molar-refractivity contribution is 0.303. The summed E-state index contributed by atoms with van der Waals surface area (Å²) in [7, 11) is 1.66. The highest BCUT2D eigenvalue weighted by Gasteiger charge is 2.13. The molecule has 0 aromatic heterocycles. The summed E-state index contributed by atoms with van der Waals surface area (Å²) in [4.78, 5) is 0. The van der Waals surface area contributed by atoms with Gasteiger partial charge in [-0.05, 0) is 35.7 Å². The third-order valence-electron chi connectivity index (χ3n) is 3.40. The molecule has 0 saturated carbocycles. The lowest BCUT2D eigenvalue weighted by Crippen LogP contribution is -1.99. The van der Waals surface area contributed by atoms with E-state index < -0.39 is 0 Å². The van der Waals surface area contributed by atoms with Gasteiger partial charge in [0, 0.05) is 18.3 Å². The minimum Gasteiger partial charge on any atom is -0.497 e. The number of methoxy groups -OCH3 is 1. The maximum Gasteiger partial charge on any atom is 0.123 e. The van der Waals surface area contributed by atoms with Crippen LogP contribution < -0.4 is 14.8 Å². The Morgan fingerprint density at radius 2 is 1.95 bits per heavy atom. The fourth-order valence-corrected chi connectivity index (χ4v) is 2.40. The van der Waals surface area contributed by atoms with Gasteiger partial charge in [0.05, 0.1) is 7.11 Å². The highest BCUT2D eigenvalue weighted by atomic mass is 16.5. The van der Waals surface area contributed by atoms with E-state index >= 15 is 0 Å². The first-order chi connectivity index (χ1) is 9.36. The molecule has 0 saturated heterocycles. The van der Waals surface area contributed by atoms with Crippen molar-refractivity contribution < 1.29 is 9.47 Å². The fourth-order valence-electron chi connectivity index (χ4n) is 2.40. The van der Waals surface area contributed by atoms with Crippen molar-refractivity contribution in [3.05, 3.63) is 53.6 Å². The van der Waals surface area contributed by atoms with Gasteiger partial charge in [0.15, 0.2) is 0 Å². The number of fused-ring (bicyclic) bond motifs is 1. The lowest BCUT2D eigenvalue weighted by atomic mass is 10.1. The van der Waals surface area contributed by atoms with E-state index in [4.69, 9.17) is 9.47 Å². The Kier molecular flexibility index (Phi) is 3.27. The van der Waals surface area contributed by atoms with Crippen molar-refractivity contribution in [2.24, 2.45) is 0 Å². The second-order valence-corrected chi connectivity index (χ2v) is 4.59. The molecule has 0 aliphatic carbocycles. The molecule has 0 unspecified atom stereocenters. The zero-order chi connectivity index (χ0) is 13.1. The van der Waals surface area contributed by atoms with E-state index in [1.807, 2.05) is 24.3 Å². The smallest absolute Gasteiger partial charge is 0.123 e. The van der Waals surface area contributed by atoms with Crippen molar-refractivity contribution in [2.45, 2.75) is 13.0 Å². The standard InChI is InChI=1S/C16H17NO2/c1-18-13-5-3-6-14(10-13)19-11-12-4-2-7-16-15(12)8-9-17-16/h2-7,10,17H,8-9,11H2,1H3. The summed E-state index contributed by atoms with van der Waals surface area (Å²) < 4.78 is 11.0. The molecule has 1 heterocycles. The highest BCUT2D eigenvalue weighted by Crippen LogP contribution is 2.27. The number of hydrogen-bond acceptors (Lipinski definition) is 3. The van der Waals surface area contributed by atoms with Gasteiger partial charge in [0.2, 0.25) is 0 Å². The molecule has 2 aromatic rings. The van der Waals surface area contributed by atoms with Crippen molar-refractivity contribution in [1.82, 2.24) is 0 Å². The van der Waals surface area contributed by atoms with Crippen LogP contribution in [0.5, 0.6) is 11.5 Å². The van der Waals surface area contributed by atoms with Crippen molar-refractivity contribution in [1.29, 1.82) is 0 Å². The summed E-state index contributed by atoms with van der Waals surface area (Å²) in [6.07, 6.45) is 1.08. The molecule has 1 N–H and O–H groups in total. The van der Waals surface area contributed by atoms with Gasteiger partial charge in [-0.2, -0.15) is 0 Å². The molecule has 3 nitrogen and oxygen atoms in total. The Balaban J connectivity index is 1.74. The van der Waals surface area contributed by atoms with Crippen molar-refractivity contribution in [2.75, 3.05) is 19.0 Å². The number of nitrogens with one attached hydrogen (secondary N) is 1. The van der Waals surface area contributed by atoms with Crippen molar-refractivity contribution >= 4 is 5.69 Å². The van der Waals surface area contributed by atoms with Crippen LogP contribution in [-0.2, 0) is 13.0 Å². The van der Waals surface area contributed by atoms with Gasteiger partial charge in [-0.15, -0.1) is 0 Å². The van der Waals surface area contributed by atoms with E-state index in [1.165, 1.54) is 16.8 Å². The van der Waals surface area contributed by atoms with Gasteiger partial charge >= 0.3 is 0 Å². The molecular weight excluding hydrogens is 238 g/mol. The third-order valence-corrected chi connectivity index (χ3v) is 3.40. The first kappa shape index (κ1) is 11.9. The Bertz CT molecular complexity index is 581. The first-order valence-corrected chi connectivity index (χ1v) is 6.48. The molecule has 0 radical (unpaired) electrons. The van der Waals surface area contributed by atoms with Gasteiger partial charge in [0.25, 0.3) is 0 Å². The summed E-state index contributed by atoms with van der Waals surface area (Å²) in [6.45, 7) is 1.61. The molecule has 1 aliphatic rings. The molecule has 0 fully saturated rings. The summed E-state index contributed by atoms with van der Waals surface area (Å²) in [5.41, 5.74) is 3.88. The van der Waals surface area contributed by atoms with Crippen LogP contribution in [0.2, 0.25) is 0 Å². The second-order valence-electron chi connectivity index (χ2n) is 4.59. The maximum atomic E-state index is 5.85. The molecule has 0 bridgehead atoms. The zero-order valence-corrected chi connectivity index (χ0v) is 11.0. The van der Waals surface area contributed by atoms with E-state index in [-0.39, 0.29) is 0 Å². The molecule has 0 amide bonds. The average molecular weight is 255 g/mol. The molecule has 98 valence electrons. The van der Waals surface area contributed by atoms with E-state index in [0.29, 0.717) is 6.61 Å². The summed E-state index contributed by atoms with van der Waals surface area (Å²) in [5, 5.41) is 3.38. The van der Waals surface area contributed by atoms with Crippen LogP contribution in [-0.4, -0.2) is 13.7 Å². The predicted octanol–water partition coefficient (Wildman–Crippen LogP) is 3.24. The van der Waals surface area contributed by atoms with E-state index in [2.05, 4.69) is 23.5 Å². The molecule has 19 heavy (non-hydrogen) atoms. The monoisotopic (exact) mass is 255 g/mol. The van der Waals surface area contributed by atoms with E-state index in [9.17, 15) is 0 Å². The van der Waals surface area contributed by atoms with Crippen molar-refractivity contribution in [3.8, 4) is 11.5 Å². The summed E-state index contributed by atoms with van der Waals surface area (Å²) in [6, 6.07) is 14.0. The Labute approximate surface area is 113 Å². The van der Waals surface area contributed by atoms with E-state index in [1.54, 1.807) is 7.11 Å². The van der Waals surface area contributed by atoms with Crippen LogP contribution >= 0.6 is 0 Å². The van der Waals surface area contributed by atoms with Gasteiger partial charge < -0.3 is 14.8 Å². The molecule has 1 aliphatic heterocycles. The predicted molar refractivity (Wildman–Crippen MR) is 76.0 cm³/mol. The molecule has 3 rings (SSSR count). The number of ether oxygens (including phenoxy) is 2. The zero-order valence-electron chi connectivity index (χ0n) is 11.0. The largest absolute Gasteiger partial charge is 0.497 e. The molecule has 0 atom stereocenters. The average Bonchev–Trinajstić information content (AvgIpc) is 2.94. The van der Waals surface area contributed by atoms with Crippen LogP contribution in [0, 0.1) is 0 Å². The Hall–Kier alpha value is -2.16. The SMILES string of the molecule is COc1cccc(OCc2cccc3c2CCN3)c1. The fraction of sp³-hybridized carbons (Fsp3) is 0.250. The van der Waals surface area contributed by atoms with Crippen LogP contribution in [0.4, 0.5) is 5.69 Å². The van der Waals surface area contributed by atoms with Gasteiger partial charge in [-0.1, -0.05) is 18.2 Å². The van der Waals surface area contributed by atoms with Crippen molar-refractivity contribution in [3.63, 3.8) is 0 Å². The van der Waals surface area contributed by atoms with Crippen LogP contribution in [0.3, 0.4) is 0 Å². The topological polar surface area (TPSA) is 30.5 Å². The number of rotatable bonds is 4. The second kappa shape index (κ2) is 5.22. The third kappa shape index (κ3) is 2.50. The Morgan fingerprint density at radius 3 is 2.84 bits per heavy atom. The Morgan fingerprint density at radius 1 is 1.11 bits per heavy atom. The first-order valence-electron chi connectivity index (χ1n) is 6.48. The van der Waals surface area contributed by atoms with E-state index in [0.717, 1.165) is 24.5 Å². The molecule has 2 aromatic carbocycles. The minimum absolute atomic E-state index is 0.595. The maximum absolute atomic E-state index is 5.85. The lowest BCUT2D eigenvalue weighted by Gasteiger charge is -2.10. The van der Waals surface area contributed by atoms with Gasteiger partial charge in [-0.25, -0.2) is 0 Å². The normalized spacial score (nSPS) is 12.7. The summed E-state index contributed by atoms with van der Waals surface area (Å²) in [5.74, 6) is 1.65. The minimum atomic E-state index is 0.595. The quantitative estimate of drug-likeness (QED) is 0.909. The number of benzene rings is 2. The number of anilines is 1. The van der Waals surface area contributed by atoms with Crippen LogP contribution in [0.1, 0.15) is 11.1 Å². The van der Waals surface area contributed by atoms with Crippen LogP contribution in [0.25, 0.3) is 0 Å². The number of hydrogen-bond donors (Lipinski definition) is 1.